The summed E-state index contributed by atoms with van der Waals surface area (Å²) in [6.07, 6.45) is -0.489. The molecule has 0 amide bonds. The molecule has 1 heterocycles. The Balaban J connectivity index is 1.59. The summed E-state index contributed by atoms with van der Waals surface area (Å²) in [4.78, 5) is 25.3. The van der Waals surface area contributed by atoms with Gasteiger partial charge in [-0.1, -0.05) is 54.6 Å². The molecular weight excluding hydrogens is 356 g/mol. The van der Waals surface area contributed by atoms with E-state index < -0.39 is 5.92 Å². The summed E-state index contributed by atoms with van der Waals surface area (Å²) in [6, 6.07) is 16.9. The first-order valence-corrected chi connectivity index (χ1v) is 9.42. The second kappa shape index (κ2) is 7.70. The lowest BCUT2D eigenvalue weighted by Gasteiger charge is -2.14. The van der Waals surface area contributed by atoms with Crippen molar-refractivity contribution in [1.29, 1.82) is 0 Å². The van der Waals surface area contributed by atoms with Gasteiger partial charge in [-0.3, -0.25) is 9.59 Å². The number of ether oxygens (including phenoxy) is 3. The van der Waals surface area contributed by atoms with Gasteiger partial charge in [0.05, 0.1) is 12.5 Å². The molecule has 0 spiro atoms. The van der Waals surface area contributed by atoms with Gasteiger partial charge < -0.3 is 14.2 Å². The van der Waals surface area contributed by atoms with Crippen LogP contribution in [0.4, 0.5) is 0 Å². The van der Waals surface area contributed by atoms with E-state index in [1.54, 1.807) is 13.0 Å². The van der Waals surface area contributed by atoms with Crippen molar-refractivity contribution in [2.45, 2.75) is 32.2 Å². The van der Waals surface area contributed by atoms with Gasteiger partial charge in [0, 0.05) is 10.8 Å². The second-order valence-corrected chi connectivity index (χ2v) is 7.11. The Hall–Kier alpha value is -2.76. The molecule has 0 aliphatic carbocycles. The molecule has 1 fully saturated rings. The first-order valence-electron chi connectivity index (χ1n) is 9.42. The number of carbonyl (C=O) groups is 1. The zero-order valence-corrected chi connectivity index (χ0v) is 15.9. The van der Waals surface area contributed by atoms with Crippen LogP contribution in [0.5, 0.6) is 0 Å². The predicted octanol–water partition coefficient (Wildman–Crippen LogP) is 3.76. The highest BCUT2D eigenvalue weighted by molar-refractivity contribution is 5.94. The number of hydrogen-bond donors (Lipinski definition) is 0. The summed E-state index contributed by atoms with van der Waals surface area (Å²) in [7, 11) is 0. The van der Waals surface area contributed by atoms with E-state index >= 15 is 0 Å². The number of rotatable bonds is 4. The summed E-state index contributed by atoms with van der Waals surface area (Å²) in [6.45, 7) is 4.21. The maximum absolute atomic E-state index is 12.9. The highest BCUT2D eigenvalue weighted by Crippen LogP contribution is 2.23. The maximum Gasteiger partial charge on any atom is 0.313 e. The fourth-order valence-electron chi connectivity index (χ4n) is 3.48. The third kappa shape index (κ3) is 3.63. The third-order valence-corrected chi connectivity index (χ3v) is 5.13. The first-order chi connectivity index (χ1) is 13.5. The zero-order valence-electron chi connectivity index (χ0n) is 15.9. The average Bonchev–Trinajstić information content (AvgIpc) is 3.08. The Kier molecular flexibility index (Phi) is 5.11. The summed E-state index contributed by atoms with van der Waals surface area (Å²) >= 11 is 0. The predicted molar refractivity (Wildman–Crippen MR) is 107 cm³/mol. The molecule has 0 N–H and O–H groups in total. The molecule has 144 valence electrons. The average molecular weight is 378 g/mol. The Morgan fingerprint density at radius 1 is 1.11 bits per heavy atom. The van der Waals surface area contributed by atoms with Gasteiger partial charge in [-0.05, 0) is 30.2 Å². The van der Waals surface area contributed by atoms with Crippen LogP contribution >= 0.6 is 0 Å². The molecule has 3 aromatic carbocycles. The van der Waals surface area contributed by atoms with E-state index in [2.05, 4.69) is 0 Å². The molecule has 5 nitrogen and oxygen atoms in total. The van der Waals surface area contributed by atoms with Gasteiger partial charge in [0.15, 0.2) is 11.7 Å². The summed E-state index contributed by atoms with van der Waals surface area (Å²) in [5, 5.41) is 3.02. The van der Waals surface area contributed by atoms with Crippen molar-refractivity contribution < 1.29 is 19.0 Å². The molecular formula is C23H22O5. The highest BCUT2D eigenvalue weighted by atomic mass is 16.7. The number of esters is 1. The van der Waals surface area contributed by atoms with Gasteiger partial charge in [-0.15, -0.1) is 0 Å². The van der Waals surface area contributed by atoms with Crippen molar-refractivity contribution >= 4 is 27.5 Å². The molecule has 1 aliphatic rings. The lowest BCUT2D eigenvalue weighted by atomic mass is 9.98. The fourth-order valence-corrected chi connectivity index (χ4v) is 3.48. The van der Waals surface area contributed by atoms with E-state index in [1.165, 1.54) is 0 Å². The fraction of sp³-hybridized carbons (Fsp3) is 0.304. The molecule has 3 unspecified atom stereocenters. The van der Waals surface area contributed by atoms with E-state index in [0.717, 1.165) is 16.3 Å². The third-order valence-electron chi connectivity index (χ3n) is 5.13. The minimum absolute atomic E-state index is 0.00937. The monoisotopic (exact) mass is 378 g/mol. The van der Waals surface area contributed by atoms with Crippen LogP contribution in [0.3, 0.4) is 0 Å². The number of carbonyl (C=O) groups excluding carboxylic acids is 1. The normalized spacial score (nSPS) is 20.4. The lowest BCUT2D eigenvalue weighted by molar-refractivity contribution is -0.149. The molecule has 28 heavy (non-hydrogen) atoms. The summed E-state index contributed by atoms with van der Waals surface area (Å²) in [5.41, 5.74) is 0.800. The Morgan fingerprint density at radius 2 is 1.86 bits per heavy atom. The van der Waals surface area contributed by atoms with Crippen molar-refractivity contribution in [2.75, 3.05) is 13.2 Å². The van der Waals surface area contributed by atoms with Crippen LogP contribution in [0.15, 0.2) is 59.4 Å². The van der Waals surface area contributed by atoms with Crippen LogP contribution in [0.1, 0.15) is 25.3 Å². The van der Waals surface area contributed by atoms with Gasteiger partial charge in [0.25, 0.3) is 0 Å². The van der Waals surface area contributed by atoms with E-state index in [1.807, 2.05) is 55.5 Å². The Morgan fingerprint density at radius 3 is 2.64 bits per heavy atom. The van der Waals surface area contributed by atoms with Crippen molar-refractivity contribution in [3.8, 4) is 0 Å². The maximum atomic E-state index is 12.9. The Labute approximate surface area is 162 Å². The van der Waals surface area contributed by atoms with Gasteiger partial charge in [0.1, 0.15) is 12.7 Å². The van der Waals surface area contributed by atoms with Gasteiger partial charge in [0.2, 0.25) is 0 Å². The molecule has 1 saturated heterocycles. The number of benzene rings is 2. The van der Waals surface area contributed by atoms with Crippen LogP contribution in [0.25, 0.3) is 21.5 Å². The van der Waals surface area contributed by atoms with Crippen LogP contribution in [0, 0.1) is 0 Å². The van der Waals surface area contributed by atoms with Crippen molar-refractivity contribution in [1.82, 2.24) is 0 Å². The molecule has 3 atom stereocenters. The van der Waals surface area contributed by atoms with E-state index in [-0.39, 0.29) is 30.4 Å². The van der Waals surface area contributed by atoms with Crippen LogP contribution in [-0.2, 0) is 19.0 Å². The minimum atomic E-state index is -0.445. The quantitative estimate of drug-likeness (QED) is 0.647. The Bertz CT molecular complexity index is 1090. The smallest absolute Gasteiger partial charge is 0.313 e. The minimum Gasteiger partial charge on any atom is -0.462 e. The summed E-state index contributed by atoms with van der Waals surface area (Å²) in [5.74, 6) is -0.769. The van der Waals surface area contributed by atoms with E-state index in [9.17, 15) is 9.59 Å². The molecule has 0 aromatic heterocycles. The lowest BCUT2D eigenvalue weighted by Crippen LogP contribution is -2.23. The molecule has 1 aliphatic heterocycles. The molecule has 4 rings (SSSR count). The molecule has 5 heteroatoms. The van der Waals surface area contributed by atoms with E-state index in [4.69, 9.17) is 14.2 Å². The molecule has 0 radical (unpaired) electrons. The van der Waals surface area contributed by atoms with Crippen LogP contribution < -0.4 is 5.43 Å². The highest BCUT2D eigenvalue weighted by Gasteiger charge is 2.25. The first kappa shape index (κ1) is 18.6. The van der Waals surface area contributed by atoms with E-state index in [0.29, 0.717) is 17.4 Å². The summed E-state index contributed by atoms with van der Waals surface area (Å²) < 4.78 is 16.2. The second-order valence-electron chi connectivity index (χ2n) is 7.11. The van der Waals surface area contributed by atoms with Gasteiger partial charge >= 0.3 is 5.97 Å². The largest absolute Gasteiger partial charge is 0.462 e. The van der Waals surface area contributed by atoms with Gasteiger partial charge in [-0.2, -0.15) is 0 Å². The zero-order chi connectivity index (χ0) is 19.7. The number of hydrogen-bond acceptors (Lipinski definition) is 5. The molecule has 3 aromatic rings. The van der Waals surface area contributed by atoms with Crippen LogP contribution in [-0.4, -0.2) is 31.6 Å². The van der Waals surface area contributed by atoms with Crippen molar-refractivity contribution in [2.24, 2.45) is 0 Å². The van der Waals surface area contributed by atoms with Crippen molar-refractivity contribution in [3.05, 3.63) is 70.4 Å². The molecule has 0 bridgehead atoms. The topological polar surface area (TPSA) is 61.8 Å². The standard InChI is InChI=1S/C23H22O5/c1-14(23(25)27-13-19-12-26-15(2)28-19)17-9-10-21-18(11-17)8-7-16-5-3-4-6-20(16)22(21)24/h3-11,14-15,19H,12-13H2,1-2H3. The molecule has 0 saturated carbocycles. The SMILES string of the molecule is CC1OCC(COC(=O)C(C)c2ccc3c(=O)c4ccccc4ccc3c2)O1. The van der Waals surface area contributed by atoms with Gasteiger partial charge in [-0.25, -0.2) is 0 Å². The number of fused-ring (bicyclic) bond motifs is 2. The van der Waals surface area contributed by atoms with Crippen molar-refractivity contribution in [3.63, 3.8) is 0 Å². The van der Waals surface area contributed by atoms with Crippen LogP contribution in [0.2, 0.25) is 0 Å².